The van der Waals surface area contributed by atoms with Crippen molar-refractivity contribution >= 4 is 48.9 Å². The van der Waals surface area contributed by atoms with Gasteiger partial charge in [0, 0.05) is 0 Å². The zero-order chi connectivity index (χ0) is 0. The van der Waals surface area contributed by atoms with Gasteiger partial charge in [-0.2, -0.15) is 0 Å². The molecule has 0 aliphatic rings. The van der Waals surface area contributed by atoms with Gasteiger partial charge in [-0.15, -0.1) is 0 Å². The molecule has 0 N–H and O–H groups in total. The Balaban J connectivity index is 0. The van der Waals surface area contributed by atoms with E-state index in [2.05, 4.69) is 0 Å². The molecule has 0 saturated heterocycles. The molecular formula is BaCdCuO3Zn+2. The summed E-state index contributed by atoms with van der Waals surface area (Å²) in [7, 11) is 0. The first-order chi connectivity index (χ1) is 0. The Bertz CT molecular complexity index is 14.9. The van der Waals surface area contributed by atoms with Gasteiger partial charge in [0.2, 0.25) is 0 Å². The van der Waals surface area contributed by atoms with E-state index in [1.807, 2.05) is 0 Å². The Morgan fingerprint density at radius 3 is 0.714 bits per heavy atom. The largest absolute Gasteiger partial charge is 2.00 e. The predicted molar refractivity (Wildman–Crippen MR) is 7.81 cm³/mol. The van der Waals surface area contributed by atoms with E-state index in [9.17, 15) is 0 Å². The second kappa shape index (κ2) is 55.8. The van der Waals surface area contributed by atoms with Gasteiger partial charge in [-0.25, -0.2) is 0 Å². The molecule has 0 aromatic carbocycles. The van der Waals surface area contributed by atoms with E-state index in [1.165, 1.54) is 0 Å². The van der Waals surface area contributed by atoms with Gasteiger partial charge in [-0.05, 0) is 0 Å². The van der Waals surface area contributed by atoms with Crippen LogP contribution in [0.25, 0.3) is 0 Å². The summed E-state index contributed by atoms with van der Waals surface area (Å²) in [5, 5.41) is 0. The molecule has 0 unspecified atom stereocenters. The first-order valence-electron chi connectivity index (χ1n) is 0. The second-order valence-corrected chi connectivity index (χ2v) is 0. The molecule has 3 nitrogen and oxygen atoms in total. The number of hydrogen-bond donors (Lipinski definition) is 0. The summed E-state index contributed by atoms with van der Waals surface area (Å²) in [6, 6.07) is 0. The van der Waals surface area contributed by atoms with E-state index in [-0.39, 0.29) is 129 Å². The summed E-state index contributed by atoms with van der Waals surface area (Å²) in [5.41, 5.74) is 0. The maximum Gasteiger partial charge on any atom is 2.00 e. The van der Waals surface area contributed by atoms with E-state index in [4.69, 9.17) is 0 Å². The van der Waals surface area contributed by atoms with Crippen molar-refractivity contribution in [2.24, 2.45) is 0 Å². The summed E-state index contributed by atoms with van der Waals surface area (Å²) in [6.45, 7) is 0. The Labute approximate surface area is 126 Å². The van der Waals surface area contributed by atoms with Gasteiger partial charge in [0.1, 0.15) is 0 Å². The van der Waals surface area contributed by atoms with Crippen molar-refractivity contribution in [3.63, 3.8) is 0 Å². The van der Waals surface area contributed by atoms with Crippen molar-refractivity contribution in [2.75, 3.05) is 0 Å². The average molecular weight is 427 g/mol. The van der Waals surface area contributed by atoms with Crippen molar-refractivity contribution in [1.82, 2.24) is 0 Å². The van der Waals surface area contributed by atoms with Crippen molar-refractivity contribution in [2.45, 2.75) is 0 Å². The fourth-order valence-electron chi connectivity index (χ4n) is 0. The zero-order valence-corrected chi connectivity index (χ0v) is 16.0. The molecule has 0 atom stereocenters. The van der Waals surface area contributed by atoms with E-state index in [1.54, 1.807) is 0 Å². The number of rotatable bonds is 0. The van der Waals surface area contributed by atoms with Crippen LogP contribution in [0.1, 0.15) is 0 Å². The Morgan fingerprint density at radius 2 is 0.714 bits per heavy atom. The molecule has 0 aromatic heterocycles. The first kappa shape index (κ1) is 77.0. The SMILES string of the molecule is [Ba+2].[Cd+2].[Cu+2].[O-2].[O-2].[O-2].[Zn+2]. The third-order valence-electron chi connectivity index (χ3n) is 0. The van der Waals surface area contributed by atoms with Gasteiger partial charge in [0.05, 0.1) is 0 Å². The van der Waals surface area contributed by atoms with Crippen LogP contribution in [0, 0.1) is 0 Å². The Hall–Kier alpha value is 3.52. The van der Waals surface area contributed by atoms with Crippen LogP contribution >= 0.6 is 0 Å². The average Bonchev–Trinajstić information content (AvgIpc) is 0. The van der Waals surface area contributed by atoms with Crippen molar-refractivity contribution < 1.29 is 80.3 Å². The van der Waals surface area contributed by atoms with E-state index >= 15 is 0 Å². The van der Waals surface area contributed by atoms with Crippen molar-refractivity contribution in [3.8, 4) is 0 Å². The van der Waals surface area contributed by atoms with Crippen molar-refractivity contribution in [3.05, 3.63) is 0 Å². The summed E-state index contributed by atoms with van der Waals surface area (Å²) in [5.74, 6) is 0. The minimum Gasteiger partial charge on any atom is -2.00 e. The molecule has 0 amide bonds. The third kappa shape index (κ3) is 43.5. The minimum absolute atomic E-state index is 0. The normalized spacial score (nSPS) is 0. The monoisotopic (exact) mass is 427 g/mol. The first-order valence-corrected chi connectivity index (χ1v) is 0. The Kier molecular flexibility index (Phi) is 614. The summed E-state index contributed by atoms with van der Waals surface area (Å²) >= 11 is 0. The van der Waals surface area contributed by atoms with Crippen LogP contribution < -0.4 is 0 Å². The van der Waals surface area contributed by atoms with E-state index < -0.39 is 0 Å². The molecule has 7 heteroatoms. The van der Waals surface area contributed by atoms with Gasteiger partial charge >= 0.3 is 113 Å². The topological polar surface area (TPSA) is 85.5 Å². The van der Waals surface area contributed by atoms with Crippen LogP contribution in [0.15, 0.2) is 0 Å². The third-order valence-corrected chi connectivity index (χ3v) is 0. The van der Waals surface area contributed by atoms with Gasteiger partial charge in [-0.1, -0.05) is 0 Å². The van der Waals surface area contributed by atoms with Crippen LogP contribution in [0.3, 0.4) is 0 Å². The molecule has 0 spiro atoms. The summed E-state index contributed by atoms with van der Waals surface area (Å²) in [4.78, 5) is 0. The molecule has 0 aliphatic carbocycles. The molecule has 7 heavy (non-hydrogen) atoms. The smallest absolute Gasteiger partial charge is 2.00 e. The molecule has 33 valence electrons. The molecular weight excluding hydrogens is 427 g/mol. The van der Waals surface area contributed by atoms with Crippen LogP contribution in [-0.2, 0) is 80.3 Å². The quantitative estimate of drug-likeness (QED) is 0.457. The predicted octanol–water partition coefficient (Wildman–Crippen LogP) is -0.745. The fraction of sp³-hybridized carbons (Fsp3) is 0. The summed E-state index contributed by atoms with van der Waals surface area (Å²) < 4.78 is 0. The molecule has 0 rings (SSSR count). The van der Waals surface area contributed by atoms with Crippen molar-refractivity contribution in [1.29, 1.82) is 0 Å². The Morgan fingerprint density at radius 1 is 0.714 bits per heavy atom. The fourth-order valence-corrected chi connectivity index (χ4v) is 0. The maximum absolute atomic E-state index is 0. The van der Waals surface area contributed by atoms with Gasteiger partial charge < -0.3 is 16.4 Å². The molecule has 0 bridgehead atoms. The van der Waals surface area contributed by atoms with Crippen LogP contribution in [0.4, 0.5) is 0 Å². The second-order valence-electron chi connectivity index (χ2n) is 0. The zero-order valence-electron chi connectivity index (χ0n) is 3.65. The molecule has 0 fully saturated rings. The van der Waals surface area contributed by atoms with Crippen LogP contribution in [-0.4, -0.2) is 48.9 Å². The van der Waals surface area contributed by atoms with E-state index in [0.29, 0.717) is 0 Å². The van der Waals surface area contributed by atoms with Gasteiger partial charge in [0.15, 0.2) is 0 Å². The minimum atomic E-state index is 0. The molecule has 1 radical (unpaired) electrons. The summed E-state index contributed by atoms with van der Waals surface area (Å²) in [6.07, 6.45) is 0. The molecule has 0 aliphatic heterocycles. The van der Waals surface area contributed by atoms with E-state index in [0.717, 1.165) is 0 Å². The maximum atomic E-state index is 0. The van der Waals surface area contributed by atoms with Gasteiger partial charge in [0.25, 0.3) is 0 Å². The number of hydrogen-bond acceptors (Lipinski definition) is 0. The standard InChI is InChI=1S/Ba.Cd.Cu.3O.Zn/q3*+2;3*-2;+2. The molecule has 0 heterocycles. The molecule has 0 saturated carbocycles. The van der Waals surface area contributed by atoms with Gasteiger partial charge in [-0.3, -0.25) is 0 Å². The molecule has 0 aromatic rings. The van der Waals surface area contributed by atoms with Crippen LogP contribution in [0.5, 0.6) is 0 Å². The van der Waals surface area contributed by atoms with Crippen LogP contribution in [0.2, 0.25) is 0 Å².